The van der Waals surface area contributed by atoms with E-state index in [2.05, 4.69) is 12.2 Å². The normalized spacial score (nSPS) is 21.4. The molecule has 1 aliphatic carbocycles. The van der Waals surface area contributed by atoms with Gasteiger partial charge in [0.25, 0.3) is 0 Å². The quantitative estimate of drug-likeness (QED) is 0.755. The van der Waals surface area contributed by atoms with E-state index in [1.165, 1.54) is 32.1 Å². The van der Waals surface area contributed by atoms with Crippen LogP contribution in [0, 0.1) is 5.92 Å². The predicted molar refractivity (Wildman–Crippen MR) is 67.1 cm³/mol. The van der Waals surface area contributed by atoms with Gasteiger partial charge in [-0.25, -0.2) is 0 Å². The fourth-order valence-corrected chi connectivity index (χ4v) is 2.32. The summed E-state index contributed by atoms with van der Waals surface area (Å²) in [5.41, 5.74) is 5.47. The summed E-state index contributed by atoms with van der Waals surface area (Å²) in [6.45, 7) is 4.60. The van der Waals surface area contributed by atoms with Crippen LogP contribution in [0.5, 0.6) is 0 Å². The molecule has 3 heteroatoms. The molecule has 1 rings (SSSR count). The maximum absolute atomic E-state index is 11.9. The Labute approximate surface area is 99.2 Å². The molecule has 1 unspecified atom stereocenters. The van der Waals surface area contributed by atoms with E-state index in [9.17, 15) is 4.79 Å². The summed E-state index contributed by atoms with van der Waals surface area (Å²) in [4.78, 5) is 11.9. The largest absolute Gasteiger partial charge is 0.350 e. The van der Waals surface area contributed by atoms with E-state index in [1.807, 2.05) is 6.92 Å². The number of hydrogen-bond acceptors (Lipinski definition) is 2. The van der Waals surface area contributed by atoms with Gasteiger partial charge in [0, 0.05) is 18.5 Å². The Morgan fingerprint density at radius 1 is 1.38 bits per heavy atom. The first-order chi connectivity index (χ1) is 7.59. The van der Waals surface area contributed by atoms with Gasteiger partial charge in [0.05, 0.1) is 0 Å². The molecule has 1 fully saturated rings. The number of carbonyl (C=O) groups excluding carboxylic acids is 1. The number of hydrogen-bond donors (Lipinski definition) is 2. The van der Waals surface area contributed by atoms with Crippen molar-refractivity contribution >= 4 is 5.91 Å². The molecule has 3 nitrogen and oxygen atoms in total. The predicted octanol–water partition coefficient (Wildman–Crippen LogP) is 2.20. The Hall–Kier alpha value is -0.570. The Balaban J connectivity index is 2.34. The van der Waals surface area contributed by atoms with Gasteiger partial charge in [-0.1, -0.05) is 26.2 Å². The molecule has 0 radical (unpaired) electrons. The molecule has 0 saturated heterocycles. The number of rotatable bonds is 5. The Morgan fingerprint density at radius 3 is 2.50 bits per heavy atom. The molecule has 0 aliphatic heterocycles. The Kier molecular flexibility index (Phi) is 5.26. The molecule has 0 heterocycles. The first-order valence-corrected chi connectivity index (χ1v) is 6.60. The van der Waals surface area contributed by atoms with Crippen molar-refractivity contribution in [3.63, 3.8) is 0 Å². The third kappa shape index (κ3) is 4.12. The lowest BCUT2D eigenvalue weighted by atomic mass is 9.86. The van der Waals surface area contributed by atoms with Crippen LogP contribution in [0.4, 0.5) is 0 Å². The molecule has 0 bridgehead atoms. The van der Waals surface area contributed by atoms with Crippen LogP contribution in [0.3, 0.4) is 0 Å². The van der Waals surface area contributed by atoms with Crippen LogP contribution in [0.2, 0.25) is 0 Å². The van der Waals surface area contributed by atoms with Crippen LogP contribution in [-0.2, 0) is 4.79 Å². The summed E-state index contributed by atoms with van der Waals surface area (Å²) < 4.78 is 0. The van der Waals surface area contributed by atoms with Crippen molar-refractivity contribution in [3.05, 3.63) is 0 Å². The van der Waals surface area contributed by atoms with E-state index in [0.29, 0.717) is 18.9 Å². The van der Waals surface area contributed by atoms with Gasteiger partial charge in [-0.3, -0.25) is 4.79 Å². The minimum atomic E-state index is -0.217. The maximum atomic E-state index is 11.9. The first kappa shape index (κ1) is 13.5. The van der Waals surface area contributed by atoms with E-state index < -0.39 is 0 Å². The molecule has 1 aliphatic rings. The molecule has 0 aromatic rings. The highest BCUT2D eigenvalue weighted by atomic mass is 16.1. The lowest BCUT2D eigenvalue weighted by Gasteiger charge is -2.29. The minimum Gasteiger partial charge on any atom is -0.350 e. The topological polar surface area (TPSA) is 55.1 Å². The van der Waals surface area contributed by atoms with Gasteiger partial charge in [0.15, 0.2) is 0 Å². The average molecular weight is 226 g/mol. The van der Waals surface area contributed by atoms with Gasteiger partial charge in [-0.15, -0.1) is 0 Å². The number of amides is 1. The van der Waals surface area contributed by atoms with Crippen molar-refractivity contribution < 1.29 is 4.79 Å². The second-order valence-electron chi connectivity index (χ2n) is 5.37. The standard InChI is InChI=1S/C13H26N2O/c1-3-13(2,10-14)15-12(16)9-11-7-5-4-6-8-11/h11H,3-10,14H2,1-2H3,(H,15,16). The third-order valence-electron chi connectivity index (χ3n) is 3.87. The van der Waals surface area contributed by atoms with E-state index in [-0.39, 0.29) is 11.4 Å². The fraction of sp³-hybridized carbons (Fsp3) is 0.923. The van der Waals surface area contributed by atoms with Gasteiger partial charge in [-0.05, 0) is 32.1 Å². The van der Waals surface area contributed by atoms with Crippen molar-refractivity contribution in [1.29, 1.82) is 0 Å². The van der Waals surface area contributed by atoms with Crippen LogP contribution < -0.4 is 11.1 Å². The van der Waals surface area contributed by atoms with Gasteiger partial charge in [0.1, 0.15) is 0 Å². The molecular formula is C13H26N2O. The number of nitrogens with two attached hydrogens (primary N) is 1. The summed E-state index contributed by atoms with van der Waals surface area (Å²) in [5, 5.41) is 3.08. The lowest BCUT2D eigenvalue weighted by Crippen LogP contribution is -2.51. The molecule has 94 valence electrons. The second kappa shape index (κ2) is 6.24. The molecule has 0 aromatic carbocycles. The van der Waals surface area contributed by atoms with Crippen molar-refractivity contribution in [3.8, 4) is 0 Å². The molecule has 1 saturated carbocycles. The summed E-state index contributed by atoms with van der Waals surface area (Å²) in [6, 6.07) is 0. The monoisotopic (exact) mass is 226 g/mol. The Bertz CT molecular complexity index is 218. The fourth-order valence-electron chi connectivity index (χ4n) is 2.32. The SMILES string of the molecule is CCC(C)(CN)NC(=O)CC1CCCCC1. The van der Waals surface area contributed by atoms with Gasteiger partial charge in [-0.2, -0.15) is 0 Å². The lowest BCUT2D eigenvalue weighted by molar-refractivity contribution is -0.124. The zero-order valence-corrected chi connectivity index (χ0v) is 10.7. The van der Waals surface area contributed by atoms with Crippen LogP contribution in [0.1, 0.15) is 58.8 Å². The Morgan fingerprint density at radius 2 is 2.00 bits per heavy atom. The van der Waals surface area contributed by atoms with Crippen molar-refractivity contribution in [2.45, 2.75) is 64.3 Å². The summed E-state index contributed by atoms with van der Waals surface area (Å²) in [7, 11) is 0. The zero-order valence-electron chi connectivity index (χ0n) is 10.7. The molecule has 0 aromatic heterocycles. The smallest absolute Gasteiger partial charge is 0.220 e. The van der Waals surface area contributed by atoms with Crippen molar-refractivity contribution in [1.82, 2.24) is 5.32 Å². The molecule has 1 amide bonds. The first-order valence-electron chi connectivity index (χ1n) is 6.60. The number of carbonyl (C=O) groups is 1. The van der Waals surface area contributed by atoms with E-state index in [4.69, 9.17) is 5.73 Å². The summed E-state index contributed by atoms with van der Waals surface area (Å²) in [6.07, 6.45) is 7.95. The highest BCUT2D eigenvalue weighted by Gasteiger charge is 2.24. The maximum Gasteiger partial charge on any atom is 0.220 e. The minimum absolute atomic E-state index is 0.182. The van der Waals surface area contributed by atoms with Crippen LogP contribution in [-0.4, -0.2) is 18.0 Å². The van der Waals surface area contributed by atoms with Crippen LogP contribution >= 0.6 is 0 Å². The highest BCUT2D eigenvalue weighted by Crippen LogP contribution is 2.26. The summed E-state index contributed by atoms with van der Waals surface area (Å²) >= 11 is 0. The van der Waals surface area contributed by atoms with E-state index >= 15 is 0 Å². The molecule has 16 heavy (non-hydrogen) atoms. The molecule has 0 spiro atoms. The molecular weight excluding hydrogens is 200 g/mol. The van der Waals surface area contributed by atoms with Gasteiger partial charge < -0.3 is 11.1 Å². The van der Waals surface area contributed by atoms with E-state index in [1.54, 1.807) is 0 Å². The van der Waals surface area contributed by atoms with Crippen molar-refractivity contribution in [2.24, 2.45) is 11.7 Å². The summed E-state index contributed by atoms with van der Waals surface area (Å²) in [5.74, 6) is 0.786. The van der Waals surface area contributed by atoms with E-state index in [0.717, 1.165) is 6.42 Å². The van der Waals surface area contributed by atoms with Gasteiger partial charge >= 0.3 is 0 Å². The highest BCUT2D eigenvalue weighted by molar-refractivity contribution is 5.77. The third-order valence-corrected chi connectivity index (χ3v) is 3.87. The van der Waals surface area contributed by atoms with Crippen LogP contribution in [0.25, 0.3) is 0 Å². The zero-order chi connectivity index (χ0) is 12.0. The molecule has 1 atom stereocenters. The second-order valence-corrected chi connectivity index (χ2v) is 5.37. The van der Waals surface area contributed by atoms with Crippen LogP contribution in [0.15, 0.2) is 0 Å². The van der Waals surface area contributed by atoms with Gasteiger partial charge in [0.2, 0.25) is 5.91 Å². The number of nitrogens with one attached hydrogen (secondary N) is 1. The molecule has 3 N–H and O–H groups in total. The average Bonchev–Trinajstić information content (AvgIpc) is 2.30. The van der Waals surface area contributed by atoms with Crippen molar-refractivity contribution in [2.75, 3.05) is 6.54 Å².